The summed E-state index contributed by atoms with van der Waals surface area (Å²) in [5, 5.41) is 0. The Bertz CT molecular complexity index is 333. The minimum Gasteiger partial charge on any atom is -0.399 e. The van der Waals surface area contributed by atoms with Crippen LogP contribution in [0.2, 0.25) is 0 Å². The lowest BCUT2D eigenvalue weighted by Gasteiger charge is -1.93. The molecule has 68 valence electrons. The Morgan fingerprint density at radius 3 is 3.00 bits per heavy atom. The highest BCUT2D eigenvalue weighted by molar-refractivity contribution is 5.76. The molecule has 1 rings (SSSR count). The third-order valence-corrected chi connectivity index (χ3v) is 1.41. The zero-order valence-electron chi connectivity index (χ0n) is 7.10. The highest BCUT2D eigenvalue weighted by Gasteiger charge is 1.90. The highest BCUT2D eigenvalue weighted by Crippen LogP contribution is 2.04. The Labute approximate surface area is 76.3 Å². The number of aromatic nitrogens is 1. The van der Waals surface area contributed by atoms with Gasteiger partial charge in [-0.1, -0.05) is 6.08 Å². The van der Waals surface area contributed by atoms with Crippen molar-refractivity contribution in [3.05, 3.63) is 30.1 Å². The van der Waals surface area contributed by atoms with Crippen LogP contribution < -0.4 is 11.5 Å². The van der Waals surface area contributed by atoms with Crippen molar-refractivity contribution in [1.29, 1.82) is 0 Å². The lowest BCUT2D eigenvalue weighted by molar-refractivity contribution is -0.117. The van der Waals surface area contributed by atoms with Gasteiger partial charge in [0.05, 0.1) is 5.69 Å². The van der Waals surface area contributed by atoms with Crippen molar-refractivity contribution in [2.24, 2.45) is 5.73 Å². The van der Waals surface area contributed by atoms with E-state index in [9.17, 15) is 4.79 Å². The molecule has 0 atom stereocenters. The molecule has 4 nitrogen and oxygen atoms in total. The number of anilines is 1. The van der Waals surface area contributed by atoms with Gasteiger partial charge in [0.2, 0.25) is 5.91 Å². The Balaban J connectivity index is 2.63. The van der Waals surface area contributed by atoms with Crippen LogP contribution in [0.5, 0.6) is 0 Å². The summed E-state index contributed by atoms with van der Waals surface area (Å²) in [6.45, 7) is 0. The molecule has 0 fully saturated rings. The maximum Gasteiger partial charge on any atom is 0.221 e. The van der Waals surface area contributed by atoms with E-state index in [1.165, 1.54) is 0 Å². The van der Waals surface area contributed by atoms with Crippen LogP contribution in [0.4, 0.5) is 5.69 Å². The van der Waals surface area contributed by atoms with Crippen LogP contribution in [0.1, 0.15) is 12.1 Å². The fraction of sp³-hybridized carbons (Fsp3) is 0.111. The van der Waals surface area contributed by atoms with Crippen molar-refractivity contribution in [1.82, 2.24) is 4.98 Å². The predicted molar refractivity (Wildman–Crippen MR) is 51.5 cm³/mol. The van der Waals surface area contributed by atoms with Gasteiger partial charge < -0.3 is 11.5 Å². The molecule has 1 aromatic heterocycles. The van der Waals surface area contributed by atoms with E-state index in [1.807, 2.05) is 0 Å². The topological polar surface area (TPSA) is 82.0 Å². The molecule has 0 unspecified atom stereocenters. The van der Waals surface area contributed by atoms with Crippen molar-refractivity contribution < 1.29 is 4.79 Å². The van der Waals surface area contributed by atoms with Gasteiger partial charge in [-0.25, -0.2) is 0 Å². The number of hydrogen-bond donors (Lipinski definition) is 2. The second-order valence-electron chi connectivity index (χ2n) is 2.59. The van der Waals surface area contributed by atoms with Crippen molar-refractivity contribution in [2.75, 3.05) is 5.73 Å². The summed E-state index contributed by atoms with van der Waals surface area (Å²) in [5.74, 6) is -0.361. The number of hydrogen-bond acceptors (Lipinski definition) is 3. The summed E-state index contributed by atoms with van der Waals surface area (Å²) in [7, 11) is 0. The summed E-state index contributed by atoms with van der Waals surface area (Å²) in [6.07, 6.45) is 5.20. The standard InChI is InChI=1S/C9H11N3O/c10-7-4-5-12-8(6-7)2-1-3-9(11)13/h1-2,4-6H,3H2,(H2,10,12)(H2,11,13). The molecule has 0 saturated carbocycles. The number of nitrogens with two attached hydrogens (primary N) is 2. The summed E-state index contributed by atoms with van der Waals surface area (Å²) in [6, 6.07) is 3.42. The van der Waals surface area contributed by atoms with Gasteiger partial charge in [0.25, 0.3) is 0 Å². The number of pyridine rings is 1. The summed E-state index contributed by atoms with van der Waals surface area (Å²) < 4.78 is 0. The molecule has 0 aromatic carbocycles. The second kappa shape index (κ2) is 4.25. The number of nitrogen functional groups attached to an aromatic ring is 1. The van der Waals surface area contributed by atoms with E-state index in [1.54, 1.807) is 30.5 Å². The maximum absolute atomic E-state index is 10.4. The van der Waals surface area contributed by atoms with Gasteiger partial charge in [-0.3, -0.25) is 9.78 Å². The van der Waals surface area contributed by atoms with Gasteiger partial charge in [0.15, 0.2) is 0 Å². The van der Waals surface area contributed by atoms with Gasteiger partial charge in [-0.05, 0) is 18.2 Å². The van der Waals surface area contributed by atoms with Crippen molar-refractivity contribution in [2.45, 2.75) is 6.42 Å². The minimum absolute atomic E-state index is 0.219. The van der Waals surface area contributed by atoms with Crippen LogP contribution in [0.3, 0.4) is 0 Å². The summed E-state index contributed by atoms with van der Waals surface area (Å²) >= 11 is 0. The number of primary amides is 1. The van der Waals surface area contributed by atoms with Gasteiger partial charge >= 0.3 is 0 Å². The zero-order chi connectivity index (χ0) is 9.68. The van der Waals surface area contributed by atoms with E-state index in [0.29, 0.717) is 5.69 Å². The number of carbonyl (C=O) groups is 1. The van der Waals surface area contributed by atoms with E-state index in [0.717, 1.165) is 5.69 Å². The summed E-state index contributed by atoms with van der Waals surface area (Å²) in [4.78, 5) is 14.4. The molecule has 0 spiro atoms. The molecule has 1 heterocycles. The SMILES string of the molecule is NC(=O)CC=Cc1cc(N)ccn1. The smallest absolute Gasteiger partial charge is 0.221 e. The third kappa shape index (κ3) is 3.37. The Hall–Kier alpha value is -1.84. The van der Waals surface area contributed by atoms with Crippen molar-refractivity contribution in [3.63, 3.8) is 0 Å². The molecular weight excluding hydrogens is 166 g/mol. The van der Waals surface area contributed by atoms with Gasteiger partial charge in [-0.15, -0.1) is 0 Å². The fourth-order valence-corrected chi connectivity index (χ4v) is 0.853. The number of amides is 1. The number of nitrogens with zero attached hydrogens (tertiary/aromatic N) is 1. The van der Waals surface area contributed by atoms with Crippen LogP contribution in [0.15, 0.2) is 24.4 Å². The van der Waals surface area contributed by atoms with E-state index in [-0.39, 0.29) is 12.3 Å². The first-order chi connectivity index (χ1) is 6.18. The molecular formula is C9H11N3O. The van der Waals surface area contributed by atoms with E-state index < -0.39 is 0 Å². The van der Waals surface area contributed by atoms with Crippen LogP contribution in [0, 0.1) is 0 Å². The number of rotatable bonds is 3. The second-order valence-corrected chi connectivity index (χ2v) is 2.59. The fourth-order valence-electron chi connectivity index (χ4n) is 0.853. The maximum atomic E-state index is 10.4. The lowest BCUT2D eigenvalue weighted by Crippen LogP contribution is -2.07. The average molecular weight is 177 g/mol. The van der Waals surface area contributed by atoms with E-state index in [4.69, 9.17) is 11.5 Å². The molecule has 13 heavy (non-hydrogen) atoms. The molecule has 0 saturated heterocycles. The zero-order valence-corrected chi connectivity index (χ0v) is 7.10. The molecule has 4 heteroatoms. The first-order valence-electron chi connectivity index (χ1n) is 3.85. The molecule has 0 aliphatic carbocycles. The Morgan fingerprint density at radius 1 is 1.62 bits per heavy atom. The molecule has 1 aromatic rings. The lowest BCUT2D eigenvalue weighted by atomic mass is 10.3. The molecule has 0 bridgehead atoms. The van der Waals surface area contributed by atoms with Crippen molar-refractivity contribution in [3.8, 4) is 0 Å². The molecule has 0 aliphatic rings. The molecule has 0 radical (unpaired) electrons. The average Bonchev–Trinajstić information content (AvgIpc) is 2.03. The van der Waals surface area contributed by atoms with Gasteiger partial charge in [-0.2, -0.15) is 0 Å². The summed E-state index contributed by atoms with van der Waals surface area (Å²) in [5.41, 5.74) is 11.8. The van der Waals surface area contributed by atoms with Crippen molar-refractivity contribution >= 4 is 17.7 Å². The van der Waals surface area contributed by atoms with Crippen LogP contribution >= 0.6 is 0 Å². The Morgan fingerprint density at radius 2 is 2.38 bits per heavy atom. The van der Waals surface area contributed by atoms with Crippen LogP contribution in [0.25, 0.3) is 6.08 Å². The van der Waals surface area contributed by atoms with Crippen LogP contribution in [-0.2, 0) is 4.79 Å². The molecule has 1 amide bonds. The minimum atomic E-state index is -0.361. The van der Waals surface area contributed by atoms with E-state index in [2.05, 4.69) is 4.98 Å². The number of carbonyl (C=O) groups excluding carboxylic acids is 1. The highest BCUT2D eigenvalue weighted by atomic mass is 16.1. The first-order valence-corrected chi connectivity index (χ1v) is 3.85. The largest absolute Gasteiger partial charge is 0.399 e. The van der Waals surface area contributed by atoms with Gasteiger partial charge in [0.1, 0.15) is 0 Å². The predicted octanol–water partition coefficient (Wildman–Crippen LogP) is 0.552. The monoisotopic (exact) mass is 177 g/mol. The van der Waals surface area contributed by atoms with Gasteiger partial charge in [0, 0.05) is 18.3 Å². The molecule has 0 aliphatic heterocycles. The Kier molecular flexibility index (Phi) is 3.03. The first kappa shape index (κ1) is 9.25. The third-order valence-electron chi connectivity index (χ3n) is 1.41. The van der Waals surface area contributed by atoms with Crippen LogP contribution in [-0.4, -0.2) is 10.9 Å². The molecule has 4 N–H and O–H groups in total. The normalized spacial score (nSPS) is 10.5. The quantitative estimate of drug-likeness (QED) is 0.707. The van der Waals surface area contributed by atoms with E-state index >= 15 is 0 Å².